The number of hydrogen-bond donors (Lipinski definition) is 1. The molecular weight excluding hydrogens is 300 g/mol. The Labute approximate surface area is 134 Å². The van der Waals surface area contributed by atoms with Gasteiger partial charge in [-0.05, 0) is 24.6 Å². The van der Waals surface area contributed by atoms with Crippen LogP contribution in [0.3, 0.4) is 0 Å². The second-order valence-corrected chi connectivity index (χ2v) is 5.28. The average molecular weight is 320 g/mol. The molecule has 1 aliphatic rings. The molecule has 124 valence electrons. The maximum atomic E-state index is 12.4. The third kappa shape index (κ3) is 4.45. The number of rotatable bonds is 5. The lowest BCUT2D eigenvalue weighted by Crippen LogP contribution is -2.58. The molecule has 1 heterocycles. The van der Waals surface area contributed by atoms with E-state index in [9.17, 15) is 14.4 Å². The van der Waals surface area contributed by atoms with Gasteiger partial charge in [0.05, 0.1) is 13.5 Å². The number of hydrogen-bond acceptors (Lipinski definition) is 5. The third-order valence-electron chi connectivity index (χ3n) is 3.59. The summed E-state index contributed by atoms with van der Waals surface area (Å²) in [5.41, 5.74) is 1.02. The molecule has 0 radical (unpaired) electrons. The van der Waals surface area contributed by atoms with Crippen LogP contribution < -0.4 is 10.1 Å². The van der Waals surface area contributed by atoms with E-state index >= 15 is 0 Å². The number of methoxy groups -OCH3 is 1. The van der Waals surface area contributed by atoms with E-state index < -0.39 is 12.0 Å². The number of nitrogens with one attached hydrogen (secondary N) is 1. The molecule has 1 fully saturated rings. The molecule has 1 unspecified atom stereocenters. The van der Waals surface area contributed by atoms with Gasteiger partial charge in [0.2, 0.25) is 5.91 Å². The van der Waals surface area contributed by atoms with E-state index in [1.54, 1.807) is 6.07 Å². The maximum absolute atomic E-state index is 12.4. The summed E-state index contributed by atoms with van der Waals surface area (Å²) in [6.45, 7) is 2.43. The molecule has 23 heavy (non-hydrogen) atoms. The smallest absolute Gasteiger partial charge is 0.308 e. The molecule has 0 aliphatic carbocycles. The monoisotopic (exact) mass is 320 g/mol. The highest BCUT2D eigenvalue weighted by Crippen LogP contribution is 2.14. The van der Waals surface area contributed by atoms with Crippen molar-refractivity contribution in [1.29, 1.82) is 0 Å². The third-order valence-corrected chi connectivity index (χ3v) is 3.59. The molecule has 0 aromatic heterocycles. The summed E-state index contributed by atoms with van der Waals surface area (Å²) in [5, 5.41) is 2.65. The summed E-state index contributed by atoms with van der Waals surface area (Å²) < 4.78 is 10.1. The number of nitrogens with zero attached hydrogens (tertiary/aromatic N) is 1. The lowest BCUT2D eigenvalue weighted by Gasteiger charge is -2.34. The van der Waals surface area contributed by atoms with Crippen LogP contribution in [-0.2, 0) is 19.1 Å². The van der Waals surface area contributed by atoms with Crippen LogP contribution >= 0.6 is 0 Å². The van der Waals surface area contributed by atoms with Crippen LogP contribution in [0, 0.1) is 6.92 Å². The molecule has 1 atom stereocenters. The maximum Gasteiger partial charge on any atom is 0.308 e. The lowest BCUT2D eigenvalue weighted by molar-refractivity contribution is -0.151. The number of carbonyl (C=O) groups excluding carboxylic acids is 3. The van der Waals surface area contributed by atoms with Crippen molar-refractivity contribution in [2.75, 3.05) is 26.8 Å². The fourth-order valence-corrected chi connectivity index (χ4v) is 2.39. The molecule has 7 nitrogen and oxygen atoms in total. The van der Waals surface area contributed by atoms with E-state index in [4.69, 9.17) is 4.74 Å². The zero-order valence-corrected chi connectivity index (χ0v) is 13.2. The predicted molar refractivity (Wildman–Crippen MR) is 81.8 cm³/mol. The van der Waals surface area contributed by atoms with Crippen molar-refractivity contribution in [2.24, 2.45) is 0 Å². The highest BCUT2D eigenvalue weighted by molar-refractivity contribution is 5.92. The summed E-state index contributed by atoms with van der Waals surface area (Å²) in [5.74, 6) is -0.644. The molecule has 1 aromatic carbocycles. The van der Waals surface area contributed by atoms with Crippen LogP contribution in [0.5, 0.6) is 5.75 Å². The number of carbonyl (C=O) groups is 3. The van der Waals surface area contributed by atoms with E-state index in [1.807, 2.05) is 25.1 Å². The van der Waals surface area contributed by atoms with Crippen LogP contribution in [0.25, 0.3) is 0 Å². The fourth-order valence-electron chi connectivity index (χ4n) is 2.39. The van der Waals surface area contributed by atoms with Gasteiger partial charge in [0.1, 0.15) is 11.8 Å². The average Bonchev–Trinajstić information content (AvgIpc) is 2.54. The molecule has 0 spiro atoms. The first kappa shape index (κ1) is 16.8. The minimum Gasteiger partial charge on any atom is -0.484 e. The van der Waals surface area contributed by atoms with Gasteiger partial charge in [-0.3, -0.25) is 14.4 Å². The molecule has 2 rings (SSSR count). The van der Waals surface area contributed by atoms with Crippen LogP contribution in [-0.4, -0.2) is 55.5 Å². The molecule has 1 aliphatic heterocycles. The summed E-state index contributed by atoms with van der Waals surface area (Å²) in [6.07, 6.45) is -0.168. The van der Waals surface area contributed by atoms with Crippen molar-refractivity contribution in [3.8, 4) is 5.75 Å². The summed E-state index contributed by atoms with van der Waals surface area (Å²) in [4.78, 5) is 37.1. The normalized spacial score (nSPS) is 17.4. The molecule has 0 bridgehead atoms. The Bertz CT molecular complexity index is 602. The first-order chi connectivity index (χ1) is 11.0. The number of amides is 2. The summed E-state index contributed by atoms with van der Waals surface area (Å²) in [6, 6.07) is 6.49. The number of ether oxygens (including phenoxy) is 2. The van der Waals surface area contributed by atoms with Gasteiger partial charge >= 0.3 is 5.97 Å². The first-order valence-electron chi connectivity index (χ1n) is 7.34. The minimum atomic E-state index is -0.857. The van der Waals surface area contributed by atoms with E-state index in [1.165, 1.54) is 12.0 Å². The Hall–Kier alpha value is -2.57. The van der Waals surface area contributed by atoms with Crippen molar-refractivity contribution in [1.82, 2.24) is 10.2 Å². The van der Waals surface area contributed by atoms with Gasteiger partial charge in [-0.1, -0.05) is 12.1 Å². The topological polar surface area (TPSA) is 84.9 Å². The molecule has 7 heteroatoms. The molecule has 1 saturated heterocycles. The van der Waals surface area contributed by atoms with Crippen LogP contribution in [0.4, 0.5) is 0 Å². The fraction of sp³-hybridized carbons (Fsp3) is 0.438. The highest BCUT2D eigenvalue weighted by atomic mass is 16.5. The van der Waals surface area contributed by atoms with Crippen LogP contribution in [0.2, 0.25) is 0 Å². The molecule has 1 N–H and O–H groups in total. The zero-order chi connectivity index (χ0) is 16.8. The van der Waals surface area contributed by atoms with Crippen LogP contribution in [0.15, 0.2) is 24.3 Å². The van der Waals surface area contributed by atoms with Gasteiger partial charge in [-0.2, -0.15) is 0 Å². The standard InChI is InChI=1S/C16H20N2O5/c1-11-4-3-5-12(8-11)23-10-14(19)18-7-6-17-16(21)13(18)9-15(20)22-2/h3-5,8,13H,6-7,9-10H2,1-2H3,(H,17,21). The predicted octanol–water partition coefficient (Wildman–Crippen LogP) is 0.264. The lowest BCUT2D eigenvalue weighted by atomic mass is 10.1. The number of esters is 1. The van der Waals surface area contributed by atoms with E-state index in [0.29, 0.717) is 18.8 Å². The quantitative estimate of drug-likeness (QED) is 0.787. The van der Waals surface area contributed by atoms with Gasteiger partial charge in [0.15, 0.2) is 6.61 Å². The van der Waals surface area contributed by atoms with E-state index in [2.05, 4.69) is 10.1 Å². The second kappa shape index (κ2) is 7.62. The molecule has 1 aromatic rings. The van der Waals surface area contributed by atoms with Crippen molar-refractivity contribution in [3.63, 3.8) is 0 Å². The van der Waals surface area contributed by atoms with Gasteiger partial charge in [0, 0.05) is 13.1 Å². The number of benzene rings is 1. The molecular formula is C16H20N2O5. The Morgan fingerprint density at radius 2 is 2.17 bits per heavy atom. The Morgan fingerprint density at radius 1 is 1.39 bits per heavy atom. The number of piperazine rings is 1. The van der Waals surface area contributed by atoms with Crippen molar-refractivity contribution in [2.45, 2.75) is 19.4 Å². The van der Waals surface area contributed by atoms with Gasteiger partial charge in [-0.25, -0.2) is 0 Å². The Morgan fingerprint density at radius 3 is 2.87 bits per heavy atom. The Kier molecular flexibility index (Phi) is 5.56. The minimum absolute atomic E-state index is 0.168. The van der Waals surface area contributed by atoms with Crippen molar-refractivity contribution < 1.29 is 23.9 Å². The molecule has 0 saturated carbocycles. The SMILES string of the molecule is COC(=O)CC1C(=O)NCCN1C(=O)COc1cccc(C)c1. The highest BCUT2D eigenvalue weighted by Gasteiger charge is 2.35. The van der Waals surface area contributed by atoms with Gasteiger partial charge in [0.25, 0.3) is 5.91 Å². The van der Waals surface area contributed by atoms with Crippen molar-refractivity contribution in [3.05, 3.63) is 29.8 Å². The van der Waals surface area contributed by atoms with E-state index in [0.717, 1.165) is 5.56 Å². The van der Waals surface area contributed by atoms with Gasteiger partial charge < -0.3 is 19.7 Å². The van der Waals surface area contributed by atoms with Crippen molar-refractivity contribution >= 4 is 17.8 Å². The second-order valence-electron chi connectivity index (χ2n) is 5.28. The molecule has 2 amide bonds. The first-order valence-corrected chi connectivity index (χ1v) is 7.34. The number of aryl methyl sites for hydroxylation is 1. The Balaban J connectivity index is 2.00. The summed E-state index contributed by atoms with van der Waals surface area (Å²) >= 11 is 0. The van der Waals surface area contributed by atoms with Crippen LogP contribution in [0.1, 0.15) is 12.0 Å². The summed E-state index contributed by atoms with van der Waals surface area (Å²) in [7, 11) is 1.25. The zero-order valence-electron chi connectivity index (χ0n) is 13.2. The largest absolute Gasteiger partial charge is 0.484 e. The van der Waals surface area contributed by atoms with Gasteiger partial charge in [-0.15, -0.1) is 0 Å². The van der Waals surface area contributed by atoms with E-state index in [-0.39, 0.29) is 24.8 Å².